The number of hydrogen-bond donors (Lipinski definition) is 1. The predicted octanol–water partition coefficient (Wildman–Crippen LogP) is 2.75. The molecule has 3 rings (SSSR count). The van der Waals surface area contributed by atoms with Gasteiger partial charge in [0.25, 0.3) is 0 Å². The van der Waals surface area contributed by atoms with E-state index < -0.39 is 0 Å². The molecule has 20 heavy (non-hydrogen) atoms. The highest BCUT2D eigenvalue weighted by atomic mass is 16.5. The minimum atomic E-state index is 0.425. The molecule has 3 unspecified atom stereocenters. The first-order valence-corrected chi connectivity index (χ1v) is 7.84. The van der Waals surface area contributed by atoms with Crippen LogP contribution in [0.15, 0.2) is 18.2 Å². The van der Waals surface area contributed by atoms with Crippen molar-refractivity contribution in [3.05, 3.63) is 29.3 Å². The van der Waals surface area contributed by atoms with E-state index in [-0.39, 0.29) is 0 Å². The molecule has 1 N–H and O–H groups in total. The van der Waals surface area contributed by atoms with Crippen molar-refractivity contribution in [3.63, 3.8) is 0 Å². The summed E-state index contributed by atoms with van der Waals surface area (Å²) in [6.07, 6.45) is 5.14. The SMILES string of the molecule is CNC1c2cc(OC)ccc2CCC1N1CCCC1C. The Labute approximate surface area is 122 Å². The maximum absolute atomic E-state index is 5.41. The van der Waals surface area contributed by atoms with Crippen LogP contribution in [0.2, 0.25) is 0 Å². The van der Waals surface area contributed by atoms with E-state index in [0.29, 0.717) is 12.1 Å². The van der Waals surface area contributed by atoms with Crippen molar-refractivity contribution in [2.75, 3.05) is 20.7 Å². The van der Waals surface area contributed by atoms with Gasteiger partial charge in [-0.05, 0) is 69.5 Å². The number of benzene rings is 1. The van der Waals surface area contributed by atoms with Gasteiger partial charge in [-0.25, -0.2) is 0 Å². The minimum absolute atomic E-state index is 0.425. The van der Waals surface area contributed by atoms with Crippen LogP contribution in [0.1, 0.15) is 43.4 Å². The fraction of sp³-hybridized carbons (Fsp3) is 0.647. The lowest BCUT2D eigenvalue weighted by Crippen LogP contribution is -2.47. The Balaban J connectivity index is 1.92. The summed E-state index contributed by atoms with van der Waals surface area (Å²) in [5, 5.41) is 3.56. The molecule has 3 nitrogen and oxygen atoms in total. The third-order valence-corrected chi connectivity index (χ3v) is 5.12. The molecular weight excluding hydrogens is 248 g/mol. The second-order valence-corrected chi connectivity index (χ2v) is 6.17. The molecule has 3 atom stereocenters. The Morgan fingerprint density at radius 3 is 2.80 bits per heavy atom. The van der Waals surface area contributed by atoms with Crippen LogP contribution in [-0.4, -0.2) is 37.7 Å². The topological polar surface area (TPSA) is 24.5 Å². The van der Waals surface area contributed by atoms with E-state index >= 15 is 0 Å². The van der Waals surface area contributed by atoms with E-state index in [2.05, 4.69) is 42.4 Å². The van der Waals surface area contributed by atoms with Gasteiger partial charge in [0.05, 0.1) is 7.11 Å². The number of likely N-dealkylation sites (tertiary alicyclic amines) is 1. The van der Waals surface area contributed by atoms with Crippen molar-refractivity contribution in [2.45, 2.75) is 50.7 Å². The summed E-state index contributed by atoms with van der Waals surface area (Å²) >= 11 is 0. The fourth-order valence-corrected chi connectivity index (χ4v) is 4.05. The Hall–Kier alpha value is -1.06. The molecule has 0 spiro atoms. The first kappa shape index (κ1) is 13.9. The molecule has 1 fully saturated rings. The average Bonchev–Trinajstić information content (AvgIpc) is 2.91. The van der Waals surface area contributed by atoms with Gasteiger partial charge < -0.3 is 10.1 Å². The molecule has 1 saturated heterocycles. The van der Waals surface area contributed by atoms with Crippen LogP contribution >= 0.6 is 0 Å². The zero-order valence-corrected chi connectivity index (χ0v) is 12.9. The molecule has 0 aromatic heterocycles. The summed E-state index contributed by atoms with van der Waals surface area (Å²) in [7, 11) is 3.84. The van der Waals surface area contributed by atoms with Crippen molar-refractivity contribution >= 4 is 0 Å². The molecule has 1 aliphatic carbocycles. The maximum atomic E-state index is 5.41. The van der Waals surface area contributed by atoms with Gasteiger partial charge in [0.2, 0.25) is 0 Å². The smallest absolute Gasteiger partial charge is 0.119 e. The molecular formula is C17H26N2O. The highest BCUT2D eigenvalue weighted by Crippen LogP contribution is 2.37. The van der Waals surface area contributed by atoms with Gasteiger partial charge in [-0.15, -0.1) is 0 Å². The largest absolute Gasteiger partial charge is 0.497 e. The van der Waals surface area contributed by atoms with E-state index in [1.807, 2.05) is 0 Å². The molecule has 110 valence electrons. The number of rotatable bonds is 3. The minimum Gasteiger partial charge on any atom is -0.497 e. The molecule has 1 aromatic carbocycles. The van der Waals surface area contributed by atoms with Gasteiger partial charge in [0, 0.05) is 18.1 Å². The second kappa shape index (κ2) is 5.74. The molecule has 2 aliphatic rings. The Kier molecular flexibility index (Phi) is 3.99. The zero-order chi connectivity index (χ0) is 14.1. The van der Waals surface area contributed by atoms with Crippen LogP contribution in [0.5, 0.6) is 5.75 Å². The number of aryl methyl sites for hydroxylation is 1. The monoisotopic (exact) mass is 274 g/mol. The van der Waals surface area contributed by atoms with Gasteiger partial charge in [0.1, 0.15) is 5.75 Å². The Morgan fingerprint density at radius 1 is 1.30 bits per heavy atom. The summed E-state index contributed by atoms with van der Waals surface area (Å²) in [6.45, 7) is 3.63. The van der Waals surface area contributed by atoms with Gasteiger partial charge in [-0.2, -0.15) is 0 Å². The van der Waals surface area contributed by atoms with Crippen molar-refractivity contribution in [3.8, 4) is 5.75 Å². The summed E-state index contributed by atoms with van der Waals surface area (Å²) in [5.74, 6) is 0.971. The van der Waals surface area contributed by atoms with Crippen molar-refractivity contribution < 1.29 is 4.74 Å². The van der Waals surface area contributed by atoms with Crippen LogP contribution in [0.25, 0.3) is 0 Å². The average molecular weight is 274 g/mol. The molecule has 1 aromatic rings. The number of hydrogen-bond acceptors (Lipinski definition) is 3. The third kappa shape index (κ3) is 2.33. The van der Waals surface area contributed by atoms with E-state index in [9.17, 15) is 0 Å². The zero-order valence-electron chi connectivity index (χ0n) is 12.9. The number of methoxy groups -OCH3 is 1. The molecule has 0 saturated carbocycles. The highest BCUT2D eigenvalue weighted by Gasteiger charge is 2.36. The quantitative estimate of drug-likeness (QED) is 0.917. The summed E-state index contributed by atoms with van der Waals surface area (Å²) in [6, 6.07) is 8.32. The summed E-state index contributed by atoms with van der Waals surface area (Å²) in [5.41, 5.74) is 2.91. The van der Waals surface area contributed by atoms with Crippen molar-refractivity contribution in [1.82, 2.24) is 10.2 Å². The second-order valence-electron chi connectivity index (χ2n) is 6.17. The molecule has 0 radical (unpaired) electrons. The van der Waals surface area contributed by atoms with E-state index in [0.717, 1.165) is 11.8 Å². The maximum Gasteiger partial charge on any atom is 0.119 e. The number of fused-ring (bicyclic) bond motifs is 1. The van der Waals surface area contributed by atoms with Crippen molar-refractivity contribution in [1.29, 1.82) is 0 Å². The lowest BCUT2D eigenvalue weighted by atomic mass is 9.83. The lowest BCUT2D eigenvalue weighted by molar-refractivity contribution is 0.137. The highest BCUT2D eigenvalue weighted by molar-refractivity contribution is 5.40. The first-order valence-electron chi connectivity index (χ1n) is 7.84. The third-order valence-electron chi connectivity index (χ3n) is 5.12. The van der Waals surface area contributed by atoms with Crippen LogP contribution in [0, 0.1) is 0 Å². The van der Waals surface area contributed by atoms with Crippen molar-refractivity contribution in [2.24, 2.45) is 0 Å². The number of nitrogens with zero attached hydrogens (tertiary/aromatic N) is 1. The number of likely N-dealkylation sites (N-methyl/N-ethyl adjacent to an activating group) is 1. The first-order chi connectivity index (χ1) is 9.74. The molecule has 0 amide bonds. The van der Waals surface area contributed by atoms with Gasteiger partial charge in [-0.1, -0.05) is 6.07 Å². The fourth-order valence-electron chi connectivity index (χ4n) is 4.05. The summed E-state index contributed by atoms with van der Waals surface area (Å²) in [4.78, 5) is 2.71. The van der Waals surface area contributed by atoms with Crippen LogP contribution in [0.3, 0.4) is 0 Å². The summed E-state index contributed by atoms with van der Waals surface area (Å²) < 4.78 is 5.41. The normalized spacial score (nSPS) is 30.2. The Bertz CT molecular complexity index is 474. The van der Waals surface area contributed by atoms with Gasteiger partial charge in [-0.3, -0.25) is 4.90 Å². The van der Waals surface area contributed by atoms with Gasteiger partial charge in [0.15, 0.2) is 0 Å². The van der Waals surface area contributed by atoms with Gasteiger partial charge >= 0.3 is 0 Å². The van der Waals surface area contributed by atoms with Crippen LogP contribution < -0.4 is 10.1 Å². The van der Waals surface area contributed by atoms with E-state index in [4.69, 9.17) is 4.74 Å². The molecule has 1 aliphatic heterocycles. The Morgan fingerprint density at radius 2 is 2.15 bits per heavy atom. The molecule has 1 heterocycles. The molecule has 0 bridgehead atoms. The lowest BCUT2D eigenvalue weighted by Gasteiger charge is -2.41. The molecule has 3 heteroatoms. The standard InChI is InChI=1S/C17H26N2O/c1-12-5-4-10-19(12)16-9-7-13-6-8-14(20-3)11-15(13)17(16)18-2/h6,8,11-12,16-18H,4-5,7,9-10H2,1-3H3. The van der Waals surface area contributed by atoms with E-state index in [1.54, 1.807) is 7.11 Å². The predicted molar refractivity (Wildman–Crippen MR) is 82.3 cm³/mol. The van der Waals surface area contributed by atoms with Crippen LogP contribution in [-0.2, 0) is 6.42 Å². The number of nitrogens with one attached hydrogen (secondary N) is 1. The number of ether oxygens (including phenoxy) is 1. The van der Waals surface area contributed by atoms with Crippen LogP contribution in [0.4, 0.5) is 0 Å². The van der Waals surface area contributed by atoms with E-state index in [1.165, 1.54) is 43.4 Å².